The van der Waals surface area contributed by atoms with Crippen LogP contribution < -0.4 is 5.32 Å². The summed E-state index contributed by atoms with van der Waals surface area (Å²) in [5.41, 5.74) is 0. The number of halogens is 4. The van der Waals surface area contributed by atoms with Crippen LogP contribution in [0.25, 0.3) is 0 Å². The van der Waals surface area contributed by atoms with Gasteiger partial charge in [0.05, 0.1) is 6.10 Å². The smallest absolute Gasteiger partial charge is 0.363 e. The molecule has 1 aliphatic heterocycles. The highest BCUT2D eigenvalue weighted by molar-refractivity contribution is 5.85. The zero-order valence-electron chi connectivity index (χ0n) is 6.52. The van der Waals surface area contributed by atoms with Crippen molar-refractivity contribution in [2.75, 3.05) is 13.1 Å². The lowest BCUT2D eigenvalue weighted by molar-refractivity contribution is -0.237. The number of hydrogen-bond donors (Lipinski definition) is 1. The van der Waals surface area contributed by atoms with E-state index in [1.54, 1.807) is 6.92 Å². The third-order valence-corrected chi connectivity index (χ3v) is 1.52. The predicted molar refractivity (Wildman–Crippen MR) is 40.5 cm³/mol. The van der Waals surface area contributed by atoms with Gasteiger partial charge in [-0.15, -0.1) is 12.4 Å². The molecule has 0 radical (unpaired) electrons. The Bertz CT molecular complexity index is 141. The second kappa shape index (κ2) is 4.30. The standard InChI is InChI=1S/C6H10F3NO.ClH/c1-4-2-10-3-5(11-4)6(7,8)9;/h4-5,10H,2-3H2,1H3;1H/t4-,5+;/m0./s1. The van der Waals surface area contributed by atoms with Gasteiger partial charge in [0.25, 0.3) is 0 Å². The van der Waals surface area contributed by atoms with Crippen LogP contribution in [0.1, 0.15) is 6.92 Å². The molecule has 12 heavy (non-hydrogen) atoms. The Hall–Kier alpha value is 0. The van der Waals surface area contributed by atoms with E-state index >= 15 is 0 Å². The van der Waals surface area contributed by atoms with Crippen molar-refractivity contribution in [3.63, 3.8) is 0 Å². The fourth-order valence-corrected chi connectivity index (χ4v) is 0.987. The second-order valence-electron chi connectivity index (χ2n) is 2.64. The SMILES string of the molecule is C[C@H]1CNC[C@H](C(F)(F)F)O1.Cl. The van der Waals surface area contributed by atoms with Crippen molar-refractivity contribution in [1.82, 2.24) is 5.32 Å². The Morgan fingerprint density at radius 1 is 1.33 bits per heavy atom. The van der Waals surface area contributed by atoms with Gasteiger partial charge < -0.3 is 10.1 Å². The van der Waals surface area contributed by atoms with E-state index in [9.17, 15) is 13.2 Å². The molecule has 1 heterocycles. The maximum absolute atomic E-state index is 11.9. The minimum atomic E-state index is -4.23. The molecule has 2 atom stereocenters. The van der Waals surface area contributed by atoms with Crippen LogP contribution in [0.5, 0.6) is 0 Å². The number of alkyl halides is 3. The van der Waals surface area contributed by atoms with Crippen LogP contribution in [-0.2, 0) is 4.74 Å². The molecule has 2 nitrogen and oxygen atoms in total. The Balaban J connectivity index is 0.00000121. The third kappa shape index (κ3) is 3.16. The van der Waals surface area contributed by atoms with Crippen LogP contribution in [0.4, 0.5) is 13.2 Å². The molecule has 0 aromatic carbocycles. The van der Waals surface area contributed by atoms with E-state index in [1.807, 2.05) is 0 Å². The van der Waals surface area contributed by atoms with Gasteiger partial charge in [0, 0.05) is 13.1 Å². The van der Waals surface area contributed by atoms with E-state index in [-0.39, 0.29) is 25.1 Å². The van der Waals surface area contributed by atoms with Crippen molar-refractivity contribution in [3.05, 3.63) is 0 Å². The number of rotatable bonds is 0. The Kier molecular flexibility index (Phi) is 4.30. The molecule has 0 bridgehead atoms. The lowest BCUT2D eigenvalue weighted by Gasteiger charge is -2.29. The van der Waals surface area contributed by atoms with Gasteiger partial charge in [0.15, 0.2) is 6.10 Å². The molecule has 1 aliphatic rings. The summed E-state index contributed by atoms with van der Waals surface area (Å²) in [7, 11) is 0. The van der Waals surface area contributed by atoms with Crippen molar-refractivity contribution in [1.29, 1.82) is 0 Å². The summed E-state index contributed by atoms with van der Waals surface area (Å²) in [6.07, 6.45) is -6.22. The van der Waals surface area contributed by atoms with Crippen LogP contribution >= 0.6 is 12.4 Å². The fourth-order valence-electron chi connectivity index (χ4n) is 0.987. The first-order valence-electron chi connectivity index (χ1n) is 3.43. The molecular formula is C6H11ClF3NO. The molecule has 0 spiro atoms. The summed E-state index contributed by atoms with van der Waals surface area (Å²) < 4.78 is 40.5. The first-order chi connectivity index (χ1) is 5.00. The van der Waals surface area contributed by atoms with Crippen LogP contribution in [0.15, 0.2) is 0 Å². The average molecular weight is 206 g/mol. The number of morpholine rings is 1. The summed E-state index contributed by atoms with van der Waals surface area (Å²) in [6, 6.07) is 0. The summed E-state index contributed by atoms with van der Waals surface area (Å²) in [5, 5.41) is 2.65. The predicted octanol–water partition coefficient (Wildman–Crippen LogP) is 1.35. The molecule has 0 saturated carbocycles. The van der Waals surface area contributed by atoms with Gasteiger partial charge in [0.2, 0.25) is 0 Å². The number of ether oxygens (including phenoxy) is 1. The highest BCUT2D eigenvalue weighted by Crippen LogP contribution is 2.24. The zero-order valence-corrected chi connectivity index (χ0v) is 7.34. The van der Waals surface area contributed by atoms with E-state index in [4.69, 9.17) is 0 Å². The van der Waals surface area contributed by atoms with E-state index in [2.05, 4.69) is 10.1 Å². The third-order valence-electron chi connectivity index (χ3n) is 1.52. The van der Waals surface area contributed by atoms with E-state index in [0.717, 1.165) is 0 Å². The van der Waals surface area contributed by atoms with Crippen molar-refractivity contribution < 1.29 is 17.9 Å². The molecule has 0 aromatic heterocycles. The number of hydrogen-bond acceptors (Lipinski definition) is 2. The van der Waals surface area contributed by atoms with E-state index in [0.29, 0.717) is 6.54 Å². The van der Waals surface area contributed by atoms with E-state index < -0.39 is 12.3 Å². The van der Waals surface area contributed by atoms with Crippen molar-refractivity contribution >= 4 is 12.4 Å². The highest BCUT2D eigenvalue weighted by atomic mass is 35.5. The second-order valence-corrected chi connectivity index (χ2v) is 2.64. The summed E-state index contributed by atoms with van der Waals surface area (Å²) in [5.74, 6) is 0. The molecule has 1 saturated heterocycles. The molecule has 0 amide bonds. The maximum Gasteiger partial charge on any atom is 0.415 e. The van der Waals surface area contributed by atoms with Crippen LogP contribution in [0, 0.1) is 0 Å². The molecule has 1 fully saturated rings. The Morgan fingerprint density at radius 3 is 2.25 bits per heavy atom. The van der Waals surface area contributed by atoms with Gasteiger partial charge in [-0.05, 0) is 6.92 Å². The minimum absolute atomic E-state index is 0. The van der Waals surface area contributed by atoms with Crippen LogP contribution in [-0.4, -0.2) is 31.5 Å². The van der Waals surface area contributed by atoms with Crippen LogP contribution in [0.2, 0.25) is 0 Å². The Morgan fingerprint density at radius 2 is 1.92 bits per heavy atom. The molecule has 0 aliphatic carbocycles. The maximum atomic E-state index is 11.9. The first-order valence-corrected chi connectivity index (χ1v) is 3.43. The molecule has 74 valence electrons. The van der Waals surface area contributed by atoms with Crippen molar-refractivity contribution in [3.8, 4) is 0 Å². The topological polar surface area (TPSA) is 21.3 Å². The quantitative estimate of drug-likeness (QED) is 0.645. The van der Waals surface area contributed by atoms with Gasteiger partial charge in [-0.25, -0.2) is 0 Å². The minimum Gasteiger partial charge on any atom is -0.363 e. The van der Waals surface area contributed by atoms with Gasteiger partial charge in [0.1, 0.15) is 0 Å². The normalized spacial score (nSPS) is 31.0. The van der Waals surface area contributed by atoms with Gasteiger partial charge in [-0.2, -0.15) is 13.2 Å². The van der Waals surface area contributed by atoms with Crippen LogP contribution in [0.3, 0.4) is 0 Å². The van der Waals surface area contributed by atoms with Crippen molar-refractivity contribution in [2.24, 2.45) is 0 Å². The molecule has 0 unspecified atom stereocenters. The highest BCUT2D eigenvalue weighted by Gasteiger charge is 2.42. The average Bonchev–Trinajstić information content (AvgIpc) is 1.86. The molecule has 1 N–H and O–H groups in total. The zero-order chi connectivity index (χ0) is 8.48. The lowest BCUT2D eigenvalue weighted by atomic mass is 10.2. The molecule has 1 rings (SSSR count). The molecular weight excluding hydrogens is 195 g/mol. The monoisotopic (exact) mass is 205 g/mol. The molecule has 0 aromatic rings. The van der Waals surface area contributed by atoms with Gasteiger partial charge >= 0.3 is 6.18 Å². The van der Waals surface area contributed by atoms with Gasteiger partial charge in [-0.1, -0.05) is 0 Å². The van der Waals surface area contributed by atoms with Gasteiger partial charge in [-0.3, -0.25) is 0 Å². The van der Waals surface area contributed by atoms with Crippen molar-refractivity contribution in [2.45, 2.75) is 25.3 Å². The Labute approximate surface area is 74.9 Å². The largest absolute Gasteiger partial charge is 0.415 e. The lowest BCUT2D eigenvalue weighted by Crippen LogP contribution is -2.50. The summed E-state index contributed by atoms with van der Waals surface area (Å²) in [6.45, 7) is 1.98. The summed E-state index contributed by atoms with van der Waals surface area (Å²) >= 11 is 0. The number of nitrogens with one attached hydrogen (secondary N) is 1. The van der Waals surface area contributed by atoms with E-state index in [1.165, 1.54) is 0 Å². The molecule has 6 heteroatoms. The first kappa shape index (κ1) is 12.0. The fraction of sp³-hybridized carbons (Fsp3) is 1.00. The summed E-state index contributed by atoms with van der Waals surface area (Å²) in [4.78, 5) is 0.